The van der Waals surface area contributed by atoms with Crippen molar-refractivity contribution in [3.8, 4) is 5.75 Å². The number of amides is 1. The first-order valence-corrected chi connectivity index (χ1v) is 11.1. The second-order valence-electron chi connectivity index (χ2n) is 8.26. The van der Waals surface area contributed by atoms with Crippen LogP contribution in [0.5, 0.6) is 5.75 Å². The average molecular weight is 453 g/mol. The number of benzene rings is 1. The molecule has 1 amide bonds. The molecule has 8 nitrogen and oxygen atoms in total. The van der Waals surface area contributed by atoms with Crippen molar-refractivity contribution in [2.24, 2.45) is 0 Å². The third kappa shape index (κ3) is 4.51. The second kappa shape index (κ2) is 9.52. The highest BCUT2D eigenvalue weighted by atomic mass is 16.5. The highest BCUT2D eigenvalue weighted by molar-refractivity contribution is 5.87. The monoisotopic (exact) mass is 452 g/mol. The van der Waals surface area contributed by atoms with Gasteiger partial charge in [-0.15, -0.1) is 0 Å². The number of hydrogen-bond acceptors (Lipinski definition) is 6. The van der Waals surface area contributed by atoms with E-state index in [1.807, 2.05) is 40.8 Å². The Morgan fingerprint density at radius 1 is 1.15 bits per heavy atom. The predicted octanol–water partition coefficient (Wildman–Crippen LogP) is 3.49. The molecular formula is C25H28N2O6. The van der Waals surface area contributed by atoms with E-state index >= 15 is 0 Å². The van der Waals surface area contributed by atoms with Crippen LogP contribution in [0.2, 0.25) is 0 Å². The lowest BCUT2D eigenvalue weighted by Gasteiger charge is -2.33. The third-order valence-corrected chi connectivity index (χ3v) is 6.47. The molecule has 0 N–H and O–H groups in total. The lowest BCUT2D eigenvalue weighted by atomic mass is 10.0. The van der Waals surface area contributed by atoms with Gasteiger partial charge >= 0.3 is 11.6 Å². The number of hydrogen-bond donors (Lipinski definition) is 0. The Hall–Kier alpha value is -3.55. The van der Waals surface area contributed by atoms with Gasteiger partial charge < -0.3 is 23.4 Å². The van der Waals surface area contributed by atoms with Gasteiger partial charge in [0, 0.05) is 48.8 Å². The summed E-state index contributed by atoms with van der Waals surface area (Å²) < 4.78 is 17.5. The summed E-state index contributed by atoms with van der Waals surface area (Å²) >= 11 is 0. The van der Waals surface area contributed by atoms with Crippen molar-refractivity contribution in [2.75, 3.05) is 27.3 Å². The molecule has 8 heteroatoms. The quantitative estimate of drug-likeness (QED) is 0.420. The Morgan fingerprint density at radius 2 is 1.91 bits per heavy atom. The van der Waals surface area contributed by atoms with Gasteiger partial charge in [0.25, 0.3) is 0 Å². The summed E-state index contributed by atoms with van der Waals surface area (Å²) in [4.78, 5) is 39.2. The van der Waals surface area contributed by atoms with Crippen LogP contribution < -0.4 is 10.4 Å². The van der Waals surface area contributed by atoms with Crippen LogP contribution in [-0.2, 0) is 16.0 Å². The summed E-state index contributed by atoms with van der Waals surface area (Å²) in [6, 6.07) is 9.11. The smallest absolute Gasteiger partial charge is 0.354 e. The van der Waals surface area contributed by atoms with Crippen molar-refractivity contribution in [2.45, 2.75) is 38.6 Å². The van der Waals surface area contributed by atoms with E-state index in [2.05, 4.69) is 0 Å². The average Bonchev–Trinajstić information content (AvgIpc) is 3.33. The Morgan fingerprint density at radius 3 is 2.61 bits per heavy atom. The van der Waals surface area contributed by atoms with Gasteiger partial charge in [0.1, 0.15) is 17.0 Å². The highest BCUT2D eigenvalue weighted by Crippen LogP contribution is 2.27. The molecule has 3 heterocycles. The van der Waals surface area contributed by atoms with E-state index in [1.165, 1.54) is 7.11 Å². The lowest BCUT2D eigenvalue weighted by molar-refractivity contribution is -0.132. The van der Waals surface area contributed by atoms with Crippen LogP contribution in [-0.4, -0.2) is 48.7 Å². The minimum absolute atomic E-state index is 0.0165. The first-order chi connectivity index (χ1) is 15.9. The van der Waals surface area contributed by atoms with Crippen LogP contribution in [0.15, 0.2) is 45.7 Å². The molecule has 1 aliphatic heterocycles. The van der Waals surface area contributed by atoms with Crippen molar-refractivity contribution in [1.29, 1.82) is 0 Å². The zero-order valence-corrected chi connectivity index (χ0v) is 19.1. The molecule has 1 aliphatic rings. The fourth-order valence-corrected chi connectivity index (χ4v) is 4.56. The number of methoxy groups -OCH3 is 2. The van der Waals surface area contributed by atoms with E-state index in [0.717, 1.165) is 23.8 Å². The number of rotatable bonds is 6. The van der Waals surface area contributed by atoms with E-state index in [-0.39, 0.29) is 24.3 Å². The maximum absolute atomic E-state index is 12.9. The van der Waals surface area contributed by atoms with Crippen molar-refractivity contribution >= 4 is 22.8 Å². The number of likely N-dealkylation sites (tertiary alicyclic amines) is 1. The van der Waals surface area contributed by atoms with Crippen LogP contribution in [0.25, 0.3) is 11.0 Å². The lowest BCUT2D eigenvalue weighted by Crippen LogP contribution is -2.39. The number of carbonyl (C=O) groups excluding carboxylic acids is 2. The van der Waals surface area contributed by atoms with Gasteiger partial charge in [-0.3, -0.25) is 4.79 Å². The number of fused-ring (bicyclic) bond motifs is 1. The Bertz CT molecular complexity index is 1230. The molecule has 2 aromatic heterocycles. The number of ether oxygens (including phenoxy) is 2. The first kappa shape index (κ1) is 22.6. The number of aromatic nitrogens is 1. The molecule has 0 bridgehead atoms. The Kier molecular flexibility index (Phi) is 6.53. The molecule has 1 fully saturated rings. The maximum atomic E-state index is 12.9. The normalized spacial score (nSPS) is 14.5. The van der Waals surface area contributed by atoms with Crippen LogP contribution in [0.1, 0.15) is 46.9 Å². The second-order valence-corrected chi connectivity index (χ2v) is 8.26. The topological polar surface area (TPSA) is 91.0 Å². The summed E-state index contributed by atoms with van der Waals surface area (Å²) in [5, 5.41) is 0.840. The van der Waals surface area contributed by atoms with Crippen LogP contribution in [0, 0.1) is 6.92 Å². The van der Waals surface area contributed by atoms with Gasteiger partial charge in [0.2, 0.25) is 5.91 Å². The molecule has 0 atom stereocenters. The summed E-state index contributed by atoms with van der Waals surface area (Å²) in [6.45, 7) is 3.09. The first-order valence-electron chi connectivity index (χ1n) is 11.1. The van der Waals surface area contributed by atoms with Gasteiger partial charge in [0.15, 0.2) is 0 Å². The zero-order valence-electron chi connectivity index (χ0n) is 19.1. The molecule has 4 rings (SSSR count). The number of esters is 1. The molecule has 1 saturated heterocycles. The molecule has 0 radical (unpaired) electrons. The van der Waals surface area contributed by atoms with E-state index in [0.29, 0.717) is 42.1 Å². The number of carbonyl (C=O) groups is 2. The van der Waals surface area contributed by atoms with E-state index in [1.54, 1.807) is 19.2 Å². The largest absolute Gasteiger partial charge is 0.497 e. The molecule has 33 heavy (non-hydrogen) atoms. The SMILES string of the molecule is COC(=O)c1cccn1C1CCN(C(=O)CCc2c(C)c3ccc(OC)cc3oc2=O)CC1. The van der Waals surface area contributed by atoms with Crippen molar-refractivity contribution < 1.29 is 23.5 Å². The Balaban J connectivity index is 1.39. The molecule has 0 spiro atoms. The van der Waals surface area contributed by atoms with Gasteiger partial charge in [-0.05, 0) is 56.0 Å². The Labute approximate surface area is 191 Å². The summed E-state index contributed by atoms with van der Waals surface area (Å²) in [5.41, 5.74) is 1.95. The standard InChI is InChI=1S/C25H28N2O6/c1-16-19-7-6-18(31-2)15-22(19)33-24(29)20(16)8-9-23(28)26-13-10-17(11-14-26)27-12-4-5-21(27)25(30)32-3/h4-7,12,15,17H,8-11,13-14H2,1-3H3. The minimum Gasteiger partial charge on any atom is -0.497 e. The number of piperidine rings is 1. The van der Waals surface area contributed by atoms with E-state index < -0.39 is 5.63 Å². The van der Waals surface area contributed by atoms with Crippen LogP contribution in [0.3, 0.4) is 0 Å². The maximum Gasteiger partial charge on any atom is 0.354 e. The van der Waals surface area contributed by atoms with Gasteiger partial charge in [-0.2, -0.15) is 0 Å². The molecule has 3 aromatic rings. The fraction of sp³-hybridized carbons (Fsp3) is 0.400. The predicted molar refractivity (Wildman–Crippen MR) is 123 cm³/mol. The number of aryl methyl sites for hydroxylation is 1. The third-order valence-electron chi connectivity index (χ3n) is 6.47. The molecule has 0 aliphatic carbocycles. The van der Waals surface area contributed by atoms with Crippen LogP contribution >= 0.6 is 0 Å². The molecule has 0 unspecified atom stereocenters. The van der Waals surface area contributed by atoms with Gasteiger partial charge in [-0.1, -0.05) is 0 Å². The fourth-order valence-electron chi connectivity index (χ4n) is 4.56. The summed E-state index contributed by atoms with van der Waals surface area (Å²) in [6.07, 6.45) is 3.96. The van der Waals surface area contributed by atoms with Crippen molar-refractivity contribution in [3.63, 3.8) is 0 Å². The zero-order chi connectivity index (χ0) is 23.5. The molecule has 1 aromatic carbocycles. The highest BCUT2D eigenvalue weighted by Gasteiger charge is 2.26. The molecule has 174 valence electrons. The van der Waals surface area contributed by atoms with Crippen molar-refractivity contribution in [1.82, 2.24) is 9.47 Å². The van der Waals surface area contributed by atoms with E-state index in [9.17, 15) is 14.4 Å². The van der Waals surface area contributed by atoms with Gasteiger partial charge in [-0.25, -0.2) is 9.59 Å². The van der Waals surface area contributed by atoms with Gasteiger partial charge in [0.05, 0.1) is 14.2 Å². The summed E-state index contributed by atoms with van der Waals surface area (Å²) in [5.74, 6) is 0.277. The van der Waals surface area contributed by atoms with Crippen LogP contribution in [0.4, 0.5) is 0 Å². The van der Waals surface area contributed by atoms with E-state index in [4.69, 9.17) is 13.9 Å². The number of nitrogens with zero attached hydrogens (tertiary/aromatic N) is 2. The molecule has 0 saturated carbocycles. The van der Waals surface area contributed by atoms with Crippen molar-refractivity contribution in [3.05, 3.63) is 63.8 Å². The molecular weight excluding hydrogens is 424 g/mol. The minimum atomic E-state index is -0.414. The summed E-state index contributed by atoms with van der Waals surface area (Å²) in [7, 11) is 2.93.